The Morgan fingerprint density at radius 3 is 1.83 bits per heavy atom. The molecule has 2 heteroatoms. The van der Waals surface area contributed by atoms with Gasteiger partial charge < -0.3 is 9.80 Å². The number of unbranched alkanes of at least 4 members (excludes halogenated alkanes) is 10. The number of allylic oxidation sites excluding steroid dienone is 3. The number of rotatable bonds is 14. The molecule has 0 atom stereocenters. The molecule has 166 valence electrons. The predicted molar refractivity (Wildman–Crippen MR) is 133 cm³/mol. The Labute approximate surface area is 186 Å². The summed E-state index contributed by atoms with van der Waals surface area (Å²) in [7, 11) is 0. The van der Waals surface area contributed by atoms with Crippen LogP contribution >= 0.6 is 0 Å². The van der Waals surface area contributed by atoms with E-state index in [1.807, 2.05) is 0 Å². The average molecular weight is 409 g/mol. The molecule has 0 saturated carbocycles. The normalized spacial score (nSPS) is 15.5. The quantitative estimate of drug-likeness (QED) is 0.284. The van der Waals surface area contributed by atoms with Gasteiger partial charge in [0.25, 0.3) is 0 Å². The monoisotopic (exact) mass is 408 g/mol. The van der Waals surface area contributed by atoms with Gasteiger partial charge in [-0.25, -0.2) is 0 Å². The lowest BCUT2D eigenvalue weighted by atomic mass is 9.99. The van der Waals surface area contributed by atoms with Crippen LogP contribution < -0.4 is 9.80 Å². The van der Waals surface area contributed by atoms with E-state index in [1.54, 1.807) is 5.70 Å². The maximum Gasteiger partial charge on any atom is 0.0652 e. The van der Waals surface area contributed by atoms with E-state index in [0.717, 1.165) is 6.54 Å². The van der Waals surface area contributed by atoms with Gasteiger partial charge in [-0.05, 0) is 43.9 Å². The minimum Gasteiger partial charge on any atom is -0.341 e. The van der Waals surface area contributed by atoms with Crippen molar-refractivity contribution in [3.8, 4) is 0 Å². The van der Waals surface area contributed by atoms with Crippen molar-refractivity contribution in [2.45, 2.75) is 104 Å². The van der Waals surface area contributed by atoms with Crippen molar-refractivity contribution in [3.63, 3.8) is 0 Å². The molecule has 1 aromatic rings. The molecule has 0 aromatic heterocycles. The van der Waals surface area contributed by atoms with E-state index >= 15 is 0 Å². The van der Waals surface area contributed by atoms with Gasteiger partial charge in [-0.15, -0.1) is 0 Å². The molecule has 0 unspecified atom stereocenters. The summed E-state index contributed by atoms with van der Waals surface area (Å²) in [6.45, 7) is 6.91. The maximum absolute atomic E-state index is 2.66. The molecule has 0 radical (unpaired) electrons. The zero-order chi connectivity index (χ0) is 21.0. The fraction of sp³-hybridized carbons (Fsp3) is 0.643. The Morgan fingerprint density at radius 1 is 0.667 bits per heavy atom. The Hall–Kier alpha value is -1.70. The molecule has 0 saturated heterocycles. The minimum atomic E-state index is 1.15. The Bertz CT molecular complexity index is 688. The number of fused-ring (bicyclic) bond motifs is 1. The molecule has 0 spiro atoms. The van der Waals surface area contributed by atoms with Crippen molar-refractivity contribution in [3.05, 3.63) is 47.8 Å². The van der Waals surface area contributed by atoms with Gasteiger partial charge in [-0.1, -0.05) is 96.3 Å². The van der Waals surface area contributed by atoms with Gasteiger partial charge >= 0.3 is 0 Å². The predicted octanol–water partition coefficient (Wildman–Crippen LogP) is 8.60. The number of hydrogen-bond donors (Lipinski definition) is 0. The lowest BCUT2D eigenvalue weighted by Gasteiger charge is -2.42. The first-order valence-corrected chi connectivity index (χ1v) is 12.9. The Balaban J connectivity index is 1.67. The topological polar surface area (TPSA) is 6.48 Å². The average Bonchev–Trinajstić information content (AvgIpc) is 2.79. The fourth-order valence-electron chi connectivity index (χ4n) is 4.95. The number of para-hydroxylation sites is 2. The molecule has 1 aliphatic heterocycles. The molecule has 2 aliphatic rings. The van der Waals surface area contributed by atoms with Crippen LogP contribution in [-0.2, 0) is 0 Å². The van der Waals surface area contributed by atoms with Crippen molar-refractivity contribution in [1.82, 2.24) is 0 Å². The highest BCUT2D eigenvalue weighted by molar-refractivity contribution is 5.80. The lowest BCUT2D eigenvalue weighted by molar-refractivity contribution is 0.595. The van der Waals surface area contributed by atoms with E-state index in [2.05, 4.69) is 60.1 Å². The lowest BCUT2D eigenvalue weighted by Crippen LogP contribution is -2.37. The van der Waals surface area contributed by atoms with Crippen molar-refractivity contribution in [1.29, 1.82) is 0 Å². The molecular formula is C28H44N2. The van der Waals surface area contributed by atoms with E-state index in [-0.39, 0.29) is 0 Å². The largest absolute Gasteiger partial charge is 0.341 e. The van der Waals surface area contributed by atoms with Crippen LogP contribution in [0, 0.1) is 0 Å². The summed E-state index contributed by atoms with van der Waals surface area (Å²) in [5.41, 5.74) is 5.89. The van der Waals surface area contributed by atoms with E-state index in [9.17, 15) is 0 Å². The molecular weight excluding hydrogens is 364 g/mol. The molecule has 3 rings (SSSR count). The fourth-order valence-corrected chi connectivity index (χ4v) is 4.95. The molecule has 0 amide bonds. The minimum absolute atomic E-state index is 1.15. The molecule has 30 heavy (non-hydrogen) atoms. The third-order valence-electron chi connectivity index (χ3n) is 6.67. The van der Waals surface area contributed by atoms with E-state index in [4.69, 9.17) is 0 Å². The van der Waals surface area contributed by atoms with Gasteiger partial charge in [-0.2, -0.15) is 0 Å². The van der Waals surface area contributed by atoms with Crippen LogP contribution in [-0.4, -0.2) is 13.1 Å². The molecule has 2 nitrogen and oxygen atoms in total. The summed E-state index contributed by atoms with van der Waals surface area (Å²) < 4.78 is 0. The van der Waals surface area contributed by atoms with E-state index in [1.165, 1.54) is 114 Å². The molecule has 1 aliphatic carbocycles. The van der Waals surface area contributed by atoms with Gasteiger partial charge in [0.2, 0.25) is 0 Å². The molecule has 0 bridgehead atoms. The summed E-state index contributed by atoms with van der Waals surface area (Å²) in [6.07, 6.45) is 23.5. The highest BCUT2D eigenvalue weighted by atomic mass is 15.3. The molecule has 1 aromatic carbocycles. The van der Waals surface area contributed by atoms with Crippen LogP contribution in [0.4, 0.5) is 11.4 Å². The standard InChI is InChI=1S/C28H44N2/c1-3-5-7-9-11-17-23-29-25-19-13-15-21-27(25)30(24-18-12-10-8-6-4-2)28-22-16-14-20-26(28)29/h13-15,19-21H,3-12,16-18,22-24H2,1-2H3. The van der Waals surface area contributed by atoms with Crippen LogP contribution in [0.1, 0.15) is 104 Å². The van der Waals surface area contributed by atoms with Gasteiger partial charge in [0.1, 0.15) is 0 Å². The number of benzene rings is 1. The van der Waals surface area contributed by atoms with Crippen LogP contribution in [0.3, 0.4) is 0 Å². The van der Waals surface area contributed by atoms with E-state index in [0.29, 0.717) is 0 Å². The molecule has 0 fully saturated rings. The van der Waals surface area contributed by atoms with Crippen molar-refractivity contribution >= 4 is 11.4 Å². The highest BCUT2D eigenvalue weighted by Crippen LogP contribution is 2.43. The third kappa shape index (κ3) is 6.15. The third-order valence-corrected chi connectivity index (χ3v) is 6.67. The molecule has 0 N–H and O–H groups in total. The summed E-state index contributed by atoms with van der Waals surface area (Å²) in [5.74, 6) is 0. The number of anilines is 2. The van der Waals surface area contributed by atoms with Crippen molar-refractivity contribution in [2.24, 2.45) is 0 Å². The second-order valence-electron chi connectivity index (χ2n) is 9.10. The van der Waals surface area contributed by atoms with E-state index < -0.39 is 0 Å². The van der Waals surface area contributed by atoms with Crippen LogP contribution in [0.25, 0.3) is 0 Å². The van der Waals surface area contributed by atoms with Crippen LogP contribution in [0.5, 0.6) is 0 Å². The summed E-state index contributed by atoms with van der Waals surface area (Å²) in [6, 6.07) is 9.13. The summed E-state index contributed by atoms with van der Waals surface area (Å²) >= 11 is 0. The first-order chi connectivity index (χ1) is 14.9. The first kappa shape index (κ1) is 23.0. The van der Waals surface area contributed by atoms with Crippen LogP contribution in [0.15, 0.2) is 47.8 Å². The number of hydrogen-bond acceptors (Lipinski definition) is 2. The summed E-state index contributed by atoms with van der Waals surface area (Å²) in [5, 5.41) is 0. The zero-order valence-electron chi connectivity index (χ0n) is 19.7. The Morgan fingerprint density at radius 2 is 1.20 bits per heavy atom. The van der Waals surface area contributed by atoms with Gasteiger partial charge in [0.05, 0.1) is 17.1 Å². The SMILES string of the molecule is CCCCCCCCN1C2=C(CCC=C2)N(CCCCCCCC)c2ccccc21. The number of nitrogens with zero attached hydrogens (tertiary/aromatic N) is 2. The van der Waals surface area contributed by atoms with Gasteiger partial charge in [-0.3, -0.25) is 0 Å². The summed E-state index contributed by atoms with van der Waals surface area (Å²) in [4.78, 5) is 5.28. The van der Waals surface area contributed by atoms with Crippen LogP contribution in [0.2, 0.25) is 0 Å². The Kier molecular flexibility index (Phi) is 9.86. The molecule has 1 heterocycles. The smallest absolute Gasteiger partial charge is 0.0652 e. The van der Waals surface area contributed by atoms with Crippen molar-refractivity contribution < 1.29 is 0 Å². The second kappa shape index (κ2) is 12.9. The van der Waals surface area contributed by atoms with Gasteiger partial charge in [0, 0.05) is 18.8 Å². The van der Waals surface area contributed by atoms with Crippen molar-refractivity contribution in [2.75, 3.05) is 22.9 Å². The first-order valence-electron chi connectivity index (χ1n) is 12.9. The highest BCUT2D eigenvalue weighted by Gasteiger charge is 2.29. The maximum atomic E-state index is 2.66. The zero-order valence-corrected chi connectivity index (χ0v) is 19.7. The van der Waals surface area contributed by atoms with Gasteiger partial charge in [0.15, 0.2) is 0 Å². The second-order valence-corrected chi connectivity index (χ2v) is 9.10.